The Morgan fingerprint density at radius 2 is 2.44 bits per heavy atom. The third-order valence-corrected chi connectivity index (χ3v) is 5.27. The van der Waals surface area contributed by atoms with Gasteiger partial charge in [0, 0.05) is 24.2 Å². The van der Waals surface area contributed by atoms with Crippen LogP contribution in [0, 0.1) is 0 Å². The van der Waals surface area contributed by atoms with Crippen molar-refractivity contribution in [2.75, 3.05) is 18.9 Å². The molecule has 90 valence electrons. The molecule has 2 rings (SSSR count). The molecule has 1 unspecified atom stereocenters. The van der Waals surface area contributed by atoms with Crippen molar-refractivity contribution in [1.29, 1.82) is 0 Å². The van der Waals surface area contributed by atoms with Gasteiger partial charge in [0.25, 0.3) is 0 Å². The minimum Gasteiger partial charge on any atom is -0.398 e. The van der Waals surface area contributed by atoms with E-state index in [1.165, 1.54) is 6.07 Å². The normalized spacial score (nSPS) is 21.4. The number of ether oxygens (including phenoxy) is 1. The maximum Gasteiger partial charge on any atom is 0.250 e. The molecule has 0 radical (unpaired) electrons. The highest BCUT2D eigenvalue weighted by Crippen LogP contribution is 2.21. The van der Waals surface area contributed by atoms with Gasteiger partial charge in [-0.1, -0.05) is 0 Å². The number of nitrogens with two attached hydrogens (primary N) is 1. The molecule has 1 fully saturated rings. The molecule has 2 heterocycles. The molecule has 0 spiro atoms. The van der Waals surface area contributed by atoms with Crippen molar-refractivity contribution in [3.8, 4) is 0 Å². The minimum absolute atomic E-state index is 0.00656. The Bertz CT molecular complexity index is 449. The average molecular weight is 262 g/mol. The van der Waals surface area contributed by atoms with Gasteiger partial charge in [-0.05, 0) is 18.9 Å². The molecule has 5 nitrogen and oxygen atoms in total. The molecule has 1 aromatic rings. The third-order valence-electron chi connectivity index (χ3n) is 2.39. The molecule has 0 saturated carbocycles. The van der Waals surface area contributed by atoms with Crippen LogP contribution in [0.15, 0.2) is 15.7 Å². The monoisotopic (exact) mass is 262 g/mol. The molecular weight excluding hydrogens is 248 g/mol. The summed E-state index contributed by atoms with van der Waals surface area (Å²) in [6.07, 6.45) is 1.92. The molecule has 0 amide bonds. The van der Waals surface area contributed by atoms with Gasteiger partial charge in [-0.15, -0.1) is 11.3 Å². The van der Waals surface area contributed by atoms with Gasteiger partial charge in [0.1, 0.15) is 4.21 Å². The van der Waals surface area contributed by atoms with E-state index in [0.717, 1.165) is 30.8 Å². The van der Waals surface area contributed by atoms with E-state index in [2.05, 4.69) is 4.72 Å². The molecule has 1 aliphatic heterocycles. The Morgan fingerprint density at radius 1 is 1.62 bits per heavy atom. The second kappa shape index (κ2) is 4.70. The third kappa shape index (κ3) is 2.73. The SMILES string of the molecule is Nc1csc(S(=O)(=O)NCC2CCCO2)c1. The zero-order chi connectivity index (χ0) is 11.6. The minimum atomic E-state index is -3.42. The van der Waals surface area contributed by atoms with Crippen molar-refractivity contribution in [2.24, 2.45) is 0 Å². The summed E-state index contributed by atoms with van der Waals surface area (Å²) < 4.78 is 31.7. The van der Waals surface area contributed by atoms with Gasteiger partial charge in [0.05, 0.1) is 6.10 Å². The number of nitrogen functional groups attached to an aromatic ring is 1. The second-order valence-corrected chi connectivity index (χ2v) is 6.59. The number of hydrogen-bond donors (Lipinski definition) is 2. The van der Waals surface area contributed by atoms with Crippen molar-refractivity contribution in [2.45, 2.75) is 23.2 Å². The zero-order valence-electron chi connectivity index (χ0n) is 8.68. The number of thiophene rings is 1. The van der Waals surface area contributed by atoms with E-state index < -0.39 is 10.0 Å². The quantitative estimate of drug-likeness (QED) is 0.840. The summed E-state index contributed by atoms with van der Waals surface area (Å²) in [4.78, 5) is 0. The highest BCUT2D eigenvalue weighted by atomic mass is 32.2. The highest BCUT2D eigenvalue weighted by molar-refractivity contribution is 7.91. The Morgan fingerprint density at radius 3 is 3.00 bits per heavy atom. The summed E-state index contributed by atoms with van der Waals surface area (Å²) in [7, 11) is -3.42. The largest absolute Gasteiger partial charge is 0.398 e. The summed E-state index contributed by atoms with van der Waals surface area (Å²) >= 11 is 1.12. The standard InChI is InChI=1S/C9H14N2O3S2/c10-7-4-9(15-6-7)16(12,13)11-5-8-2-1-3-14-8/h4,6,8,11H,1-3,5,10H2. The van der Waals surface area contributed by atoms with E-state index in [0.29, 0.717) is 12.2 Å². The molecule has 7 heteroatoms. The Kier molecular flexibility index (Phi) is 3.48. The first-order chi connectivity index (χ1) is 7.58. The van der Waals surface area contributed by atoms with Gasteiger partial charge < -0.3 is 10.5 Å². The van der Waals surface area contributed by atoms with E-state index >= 15 is 0 Å². The fourth-order valence-corrected chi connectivity index (χ4v) is 3.74. The number of hydrogen-bond acceptors (Lipinski definition) is 5. The van der Waals surface area contributed by atoms with Crippen LogP contribution < -0.4 is 10.5 Å². The number of sulfonamides is 1. The van der Waals surface area contributed by atoms with Crippen LogP contribution in [0.25, 0.3) is 0 Å². The second-order valence-electron chi connectivity index (χ2n) is 3.69. The van der Waals surface area contributed by atoms with Crippen LogP contribution >= 0.6 is 11.3 Å². The smallest absolute Gasteiger partial charge is 0.250 e. The Hall–Kier alpha value is -0.630. The maximum absolute atomic E-state index is 11.8. The molecule has 1 saturated heterocycles. The number of anilines is 1. The topological polar surface area (TPSA) is 81.4 Å². The molecular formula is C9H14N2O3S2. The van der Waals surface area contributed by atoms with Crippen LogP contribution in [0.1, 0.15) is 12.8 Å². The van der Waals surface area contributed by atoms with Crippen molar-refractivity contribution in [1.82, 2.24) is 4.72 Å². The summed E-state index contributed by atoms with van der Waals surface area (Å²) in [5, 5.41) is 1.61. The zero-order valence-corrected chi connectivity index (χ0v) is 10.3. The van der Waals surface area contributed by atoms with Crippen molar-refractivity contribution in [3.05, 3.63) is 11.4 Å². The average Bonchev–Trinajstić information content (AvgIpc) is 2.85. The van der Waals surface area contributed by atoms with Crippen LogP contribution in [0.2, 0.25) is 0 Å². The number of rotatable bonds is 4. The molecule has 16 heavy (non-hydrogen) atoms. The lowest BCUT2D eigenvalue weighted by Crippen LogP contribution is -2.31. The molecule has 1 aromatic heterocycles. The maximum atomic E-state index is 11.8. The molecule has 0 aliphatic carbocycles. The first-order valence-corrected chi connectivity index (χ1v) is 7.39. The van der Waals surface area contributed by atoms with E-state index in [1.807, 2.05) is 0 Å². The predicted molar refractivity (Wildman–Crippen MR) is 62.9 cm³/mol. The van der Waals surface area contributed by atoms with Gasteiger partial charge >= 0.3 is 0 Å². The fraction of sp³-hybridized carbons (Fsp3) is 0.556. The molecule has 0 bridgehead atoms. The van der Waals surface area contributed by atoms with Crippen LogP contribution in [0.3, 0.4) is 0 Å². The fourth-order valence-electron chi connectivity index (χ4n) is 1.55. The van der Waals surface area contributed by atoms with Crippen molar-refractivity contribution >= 4 is 27.0 Å². The van der Waals surface area contributed by atoms with Crippen molar-refractivity contribution in [3.63, 3.8) is 0 Å². The van der Waals surface area contributed by atoms with Gasteiger partial charge in [0.2, 0.25) is 10.0 Å². The van der Waals surface area contributed by atoms with Gasteiger partial charge in [0.15, 0.2) is 0 Å². The van der Waals surface area contributed by atoms with Gasteiger partial charge in [-0.3, -0.25) is 0 Å². The van der Waals surface area contributed by atoms with Crippen LogP contribution in [-0.2, 0) is 14.8 Å². The number of nitrogens with one attached hydrogen (secondary N) is 1. The summed E-state index contributed by atoms with van der Waals surface area (Å²) in [6.45, 7) is 1.05. The van der Waals surface area contributed by atoms with E-state index in [-0.39, 0.29) is 10.3 Å². The highest BCUT2D eigenvalue weighted by Gasteiger charge is 2.21. The lowest BCUT2D eigenvalue weighted by atomic mass is 10.2. The Labute approximate surface area is 98.7 Å². The van der Waals surface area contributed by atoms with Gasteiger partial charge in [-0.25, -0.2) is 13.1 Å². The van der Waals surface area contributed by atoms with Crippen LogP contribution in [0.4, 0.5) is 5.69 Å². The van der Waals surface area contributed by atoms with Crippen LogP contribution in [-0.4, -0.2) is 27.7 Å². The molecule has 0 aromatic carbocycles. The van der Waals surface area contributed by atoms with E-state index in [1.54, 1.807) is 5.38 Å². The van der Waals surface area contributed by atoms with E-state index in [4.69, 9.17) is 10.5 Å². The predicted octanol–water partition coefficient (Wildman–Crippen LogP) is 0.788. The lowest BCUT2D eigenvalue weighted by molar-refractivity contribution is 0.114. The molecule has 3 N–H and O–H groups in total. The van der Waals surface area contributed by atoms with Crippen LogP contribution in [0.5, 0.6) is 0 Å². The first-order valence-electron chi connectivity index (χ1n) is 5.03. The molecule has 1 aliphatic rings. The first kappa shape index (κ1) is 11.8. The van der Waals surface area contributed by atoms with Gasteiger partial charge in [-0.2, -0.15) is 0 Å². The molecule has 1 atom stereocenters. The lowest BCUT2D eigenvalue weighted by Gasteiger charge is -2.09. The van der Waals surface area contributed by atoms with E-state index in [9.17, 15) is 8.42 Å². The summed E-state index contributed by atoms with van der Waals surface area (Å²) in [5.74, 6) is 0. The Balaban J connectivity index is 1.97. The summed E-state index contributed by atoms with van der Waals surface area (Å²) in [5.41, 5.74) is 5.96. The van der Waals surface area contributed by atoms with Crippen molar-refractivity contribution < 1.29 is 13.2 Å². The summed E-state index contributed by atoms with van der Waals surface area (Å²) in [6, 6.07) is 1.46.